The minimum atomic E-state index is 0.121. The summed E-state index contributed by atoms with van der Waals surface area (Å²) in [5.41, 5.74) is 1.20. The van der Waals surface area contributed by atoms with Gasteiger partial charge in [0.25, 0.3) is 0 Å². The van der Waals surface area contributed by atoms with Gasteiger partial charge in [0.15, 0.2) is 0 Å². The Kier molecular flexibility index (Phi) is 4.61. The molecule has 0 amide bonds. The van der Waals surface area contributed by atoms with Crippen molar-refractivity contribution in [1.29, 1.82) is 0 Å². The Bertz CT molecular complexity index is 116. The second kappa shape index (κ2) is 4.69. The summed E-state index contributed by atoms with van der Waals surface area (Å²) in [6.07, 6.45) is 3.59. The van der Waals surface area contributed by atoms with Crippen LogP contribution in [0.4, 0.5) is 0 Å². The van der Waals surface area contributed by atoms with Crippen LogP contribution in [-0.4, -0.2) is 25.8 Å². The van der Waals surface area contributed by atoms with Gasteiger partial charge in [-0.1, -0.05) is 5.57 Å². The third-order valence-corrected chi connectivity index (χ3v) is 2.05. The molecule has 0 spiro atoms. The highest BCUT2D eigenvalue weighted by molar-refractivity contribution is 7.56. The molecule has 0 N–H and O–H groups in total. The molecule has 0 aromatic rings. The maximum Gasteiger partial charge on any atom is 0.142 e. The van der Waals surface area contributed by atoms with Crippen LogP contribution in [0, 0.1) is 0 Å². The Balaban J connectivity index is 3.61. The summed E-state index contributed by atoms with van der Waals surface area (Å²) in [4.78, 5) is 9.93. The molecule has 0 fully saturated rings. The Morgan fingerprint density at radius 3 is 2.44 bits per heavy atom. The summed E-state index contributed by atoms with van der Waals surface area (Å²) in [6.45, 7) is 6.41. The molecule has 0 heterocycles. The maximum absolute atomic E-state index is 9.93. The molecule has 0 atom stereocenters. The first-order valence-corrected chi connectivity index (χ1v) is 5.34. The highest BCUT2D eigenvalue weighted by Crippen LogP contribution is 2.26. The van der Waals surface area contributed by atoms with Crippen molar-refractivity contribution in [3.63, 3.8) is 0 Å². The molecule has 0 rings (SSSR count). The van der Waals surface area contributed by atoms with Crippen molar-refractivity contribution in [2.45, 2.75) is 6.92 Å². The van der Waals surface area contributed by atoms with Gasteiger partial charge in [-0.3, -0.25) is 4.79 Å². The lowest BCUT2D eigenvalue weighted by atomic mass is 10.3. The molecule has 0 bridgehead atoms. The van der Waals surface area contributed by atoms with E-state index >= 15 is 0 Å². The summed E-state index contributed by atoms with van der Waals surface area (Å²) in [7, 11) is 0.121. The molecule has 0 unspecified atom stereocenters. The smallest absolute Gasteiger partial charge is 0.142 e. The molecule has 0 aliphatic rings. The van der Waals surface area contributed by atoms with Crippen molar-refractivity contribution in [3.05, 3.63) is 11.6 Å². The number of aldehydes is 1. The van der Waals surface area contributed by atoms with Crippen LogP contribution in [0.2, 0.25) is 0 Å². The predicted molar refractivity (Wildman–Crippen MR) is 43.5 cm³/mol. The maximum atomic E-state index is 9.93. The van der Waals surface area contributed by atoms with Crippen molar-refractivity contribution in [2.75, 3.05) is 19.5 Å². The van der Waals surface area contributed by atoms with Crippen LogP contribution in [0.3, 0.4) is 0 Å². The van der Waals surface area contributed by atoms with E-state index in [1.165, 1.54) is 5.57 Å². The van der Waals surface area contributed by atoms with Crippen molar-refractivity contribution in [3.8, 4) is 0 Å². The van der Waals surface area contributed by atoms with E-state index in [0.717, 1.165) is 12.4 Å². The molecule has 52 valence electrons. The first-order valence-electron chi connectivity index (χ1n) is 2.92. The van der Waals surface area contributed by atoms with Crippen LogP contribution in [0.5, 0.6) is 0 Å². The minimum absolute atomic E-state index is 0.121. The first kappa shape index (κ1) is 8.84. The van der Waals surface area contributed by atoms with Crippen LogP contribution in [0.1, 0.15) is 6.92 Å². The molecule has 0 aromatic heterocycles. The summed E-state index contributed by atoms with van der Waals surface area (Å²) in [6, 6.07) is 0. The Morgan fingerprint density at radius 1 is 1.56 bits per heavy atom. The summed E-state index contributed by atoms with van der Waals surface area (Å²) in [5, 5.41) is 0. The largest absolute Gasteiger partial charge is 0.299 e. The Labute approximate surface area is 57.9 Å². The number of hydrogen-bond donors (Lipinski definition) is 0. The molecular weight excluding hydrogens is 131 g/mol. The molecule has 1 nitrogen and oxygen atoms in total. The van der Waals surface area contributed by atoms with E-state index in [4.69, 9.17) is 0 Å². The lowest BCUT2D eigenvalue weighted by Gasteiger charge is -2.02. The number of rotatable bonds is 3. The second-order valence-electron chi connectivity index (χ2n) is 2.39. The van der Waals surface area contributed by atoms with Gasteiger partial charge in [0, 0.05) is 0 Å². The molecule has 9 heavy (non-hydrogen) atoms. The lowest BCUT2D eigenvalue weighted by Crippen LogP contribution is -1.83. The fraction of sp³-hybridized carbons (Fsp3) is 0.571. The number of carbonyl (C=O) groups is 1. The SMILES string of the molecule is C/C(=C\C=O)CP(C)C. The molecule has 0 saturated heterocycles. The minimum Gasteiger partial charge on any atom is -0.299 e. The topological polar surface area (TPSA) is 17.1 Å². The van der Waals surface area contributed by atoms with Gasteiger partial charge in [-0.2, -0.15) is 0 Å². The average Bonchev–Trinajstić information content (AvgIpc) is 1.63. The molecular formula is C7H13OP. The van der Waals surface area contributed by atoms with Crippen LogP contribution in [0.15, 0.2) is 11.6 Å². The third kappa shape index (κ3) is 5.72. The zero-order chi connectivity index (χ0) is 7.28. The van der Waals surface area contributed by atoms with Gasteiger partial charge in [-0.25, -0.2) is 0 Å². The first-order chi connectivity index (χ1) is 4.16. The molecule has 0 saturated carbocycles. The van der Waals surface area contributed by atoms with Gasteiger partial charge in [0.1, 0.15) is 6.29 Å². The summed E-state index contributed by atoms with van der Waals surface area (Å²) >= 11 is 0. The van der Waals surface area contributed by atoms with Gasteiger partial charge in [0.05, 0.1) is 0 Å². The van der Waals surface area contributed by atoms with Crippen molar-refractivity contribution in [1.82, 2.24) is 0 Å². The van der Waals surface area contributed by atoms with E-state index in [1.807, 2.05) is 6.92 Å². The van der Waals surface area contributed by atoms with E-state index in [0.29, 0.717) is 0 Å². The van der Waals surface area contributed by atoms with Crippen LogP contribution in [0.25, 0.3) is 0 Å². The fourth-order valence-electron chi connectivity index (χ4n) is 0.668. The highest BCUT2D eigenvalue weighted by Gasteiger charge is 1.92. The van der Waals surface area contributed by atoms with Crippen molar-refractivity contribution < 1.29 is 4.79 Å². The van der Waals surface area contributed by atoms with Gasteiger partial charge < -0.3 is 0 Å². The van der Waals surface area contributed by atoms with E-state index in [1.54, 1.807) is 6.08 Å². The molecule has 2 heteroatoms. The van der Waals surface area contributed by atoms with E-state index in [9.17, 15) is 4.79 Å². The number of allylic oxidation sites excluding steroid dienone is 2. The fourth-order valence-corrected chi connectivity index (χ4v) is 1.77. The quantitative estimate of drug-likeness (QED) is 0.336. The number of carbonyl (C=O) groups excluding carboxylic acids is 1. The predicted octanol–water partition coefficient (Wildman–Crippen LogP) is 1.87. The summed E-state index contributed by atoms with van der Waals surface area (Å²) in [5.74, 6) is 0. The lowest BCUT2D eigenvalue weighted by molar-refractivity contribution is -0.104. The summed E-state index contributed by atoms with van der Waals surface area (Å²) < 4.78 is 0. The van der Waals surface area contributed by atoms with Crippen molar-refractivity contribution >= 4 is 14.2 Å². The van der Waals surface area contributed by atoms with Crippen LogP contribution in [-0.2, 0) is 4.79 Å². The van der Waals surface area contributed by atoms with Crippen LogP contribution < -0.4 is 0 Å². The Hall–Kier alpha value is -0.160. The second-order valence-corrected chi connectivity index (χ2v) is 4.86. The molecule has 0 aromatic carbocycles. The zero-order valence-corrected chi connectivity index (χ0v) is 7.11. The van der Waals surface area contributed by atoms with E-state index in [2.05, 4.69) is 13.3 Å². The zero-order valence-electron chi connectivity index (χ0n) is 6.22. The highest BCUT2D eigenvalue weighted by atomic mass is 31.1. The normalized spacial score (nSPS) is 12.2. The molecule has 0 radical (unpaired) electrons. The molecule has 0 aliphatic heterocycles. The van der Waals surface area contributed by atoms with Gasteiger partial charge >= 0.3 is 0 Å². The third-order valence-electron chi connectivity index (χ3n) is 0.918. The van der Waals surface area contributed by atoms with E-state index in [-0.39, 0.29) is 7.92 Å². The monoisotopic (exact) mass is 144 g/mol. The standard InChI is InChI=1S/C7H13OP/c1-7(4-5-8)6-9(2)3/h4-5H,6H2,1-3H3/b7-4+. The van der Waals surface area contributed by atoms with Crippen molar-refractivity contribution in [2.24, 2.45) is 0 Å². The van der Waals surface area contributed by atoms with Crippen LogP contribution >= 0.6 is 7.92 Å². The van der Waals surface area contributed by atoms with Gasteiger partial charge in [-0.15, -0.1) is 7.92 Å². The van der Waals surface area contributed by atoms with Gasteiger partial charge in [0.2, 0.25) is 0 Å². The molecule has 0 aliphatic carbocycles. The average molecular weight is 144 g/mol. The van der Waals surface area contributed by atoms with E-state index < -0.39 is 0 Å². The van der Waals surface area contributed by atoms with Gasteiger partial charge in [-0.05, 0) is 32.5 Å². The Morgan fingerprint density at radius 2 is 2.11 bits per heavy atom. The number of hydrogen-bond acceptors (Lipinski definition) is 1.